The Balaban J connectivity index is 2.26. The zero-order valence-electron chi connectivity index (χ0n) is 12.7. The molecule has 2 rings (SSSR count). The molecule has 18 heavy (non-hydrogen) atoms. The molecule has 2 saturated heterocycles. The molecule has 0 radical (unpaired) electrons. The van der Waals surface area contributed by atoms with Gasteiger partial charge in [-0.1, -0.05) is 0 Å². The van der Waals surface area contributed by atoms with Crippen LogP contribution < -0.4 is 0 Å². The molecule has 0 aliphatic carbocycles. The second-order valence-electron chi connectivity index (χ2n) is 5.52. The van der Waals surface area contributed by atoms with E-state index in [2.05, 4.69) is 0 Å². The van der Waals surface area contributed by atoms with Gasteiger partial charge in [0.15, 0.2) is 5.60 Å². The summed E-state index contributed by atoms with van der Waals surface area (Å²) in [7, 11) is 1.70. The summed E-state index contributed by atoms with van der Waals surface area (Å²) in [6.45, 7) is 7.00. The van der Waals surface area contributed by atoms with Gasteiger partial charge in [0.25, 0.3) is 5.91 Å². The maximum Gasteiger partial charge on any atom is 0.260 e. The van der Waals surface area contributed by atoms with Crippen LogP contribution in [-0.2, 0) is 19.0 Å². The molecule has 0 N–H and O–H groups in total. The zero-order chi connectivity index (χ0) is 14.4. The van der Waals surface area contributed by atoms with Gasteiger partial charge in [-0.05, 0) is 27.7 Å². The van der Waals surface area contributed by atoms with E-state index >= 15 is 0 Å². The summed E-state index contributed by atoms with van der Waals surface area (Å²) in [5.74, 6) is -0.146. The molecule has 2 heterocycles. The SMILES string of the molecule is [3H][C@@H]1O[C@]2(COC(C)C)C(=O)N(C)[C@H]1C2OC(C)C. The highest BCUT2D eigenvalue weighted by Crippen LogP contribution is 2.41. The standard InChI is InChI=1S/C13H23NO4/c1-8(2)16-7-13-11(18-9(3)4)10(6-17-13)14(5)12(13)15/h8-11H,6-7H2,1-5H3/t10-,11?,13+/m1/s1/i6T/t6-,10+,11?,13-/m0. The summed E-state index contributed by atoms with van der Waals surface area (Å²) in [4.78, 5) is 14.0. The number of nitrogens with zero attached hydrogens (tertiary/aromatic N) is 1. The molecule has 1 amide bonds. The predicted molar refractivity (Wildman–Crippen MR) is 66.3 cm³/mol. The van der Waals surface area contributed by atoms with Crippen LogP contribution in [0.2, 0.25) is 0 Å². The summed E-state index contributed by atoms with van der Waals surface area (Å²) in [6.07, 6.45) is -0.468. The molecule has 2 aliphatic rings. The van der Waals surface area contributed by atoms with E-state index in [-0.39, 0.29) is 30.8 Å². The minimum absolute atomic E-state index is 0.000357. The number of amides is 1. The highest BCUT2D eigenvalue weighted by molar-refractivity contribution is 5.90. The van der Waals surface area contributed by atoms with Crippen LogP contribution in [0.5, 0.6) is 0 Å². The fourth-order valence-electron chi connectivity index (χ4n) is 2.46. The quantitative estimate of drug-likeness (QED) is 0.733. The molecule has 0 aromatic heterocycles. The van der Waals surface area contributed by atoms with Gasteiger partial charge in [-0.3, -0.25) is 4.79 Å². The first-order valence-electron chi connectivity index (χ1n) is 7.01. The van der Waals surface area contributed by atoms with Crippen LogP contribution in [0, 0.1) is 0 Å². The molecule has 5 nitrogen and oxygen atoms in total. The second-order valence-corrected chi connectivity index (χ2v) is 5.52. The van der Waals surface area contributed by atoms with Gasteiger partial charge in [0.05, 0.1) is 32.8 Å². The molecule has 0 aromatic rings. The lowest BCUT2D eigenvalue weighted by Gasteiger charge is -2.30. The Morgan fingerprint density at radius 1 is 1.50 bits per heavy atom. The fraction of sp³-hybridized carbons (Fsp3) is 0.923. The molecule has 1 unspecified atom stereocenters. The zero-order valence-corrected chi connectivity index (χ0v) is 11.7. The third kappa shape index (κ3) is 2.04. The molecular weight excluding hydrogens is 234 g/mol. The minimum atomic E-state index is -1.15. The van der Waals surface area contributed by atoms with E-state index in [0.717, 1.165) is 0 Å². The van der Waals surface area contributed by atoms with Crippen molar-refractivity contribution in [1.82, 2.24) is 4.90 Å². The highest BCUT2D eigenvalue weighted by atomic mass is 16.6. The van der Waals surface area contributed by atoms with Crippen molar-refractivity contribution >= 4 is 5.91 Å². The van der Waals surface area contributed by atoms with Crippen molar-refractivity contribution in [1.29, 1.82) is 0 Å². The summed E-state index contributed by atoms with van der Waals surface area (Å²) < 4.78 is 25.0. The Kier molecular flexibility index (Phi) is 3.30. The molecule has 2 aliphatic heterocycles. The Bertz CT molecular complexity index is 363. The Morgan fingerprint density at radius 3 is 2.72 bits per heavy atom. The second kappa shape index (κ2) is 4.79. The van der Waals surface area contributed by atoms with Crippen LogP contribution >= 0.6 is 0 Å². The molecule has 0 aromatic carbocycles. The first-order valence-corrected chi connectivity index (χ1v) is 6.44. The lowest BCUT2D eigenvalue weighted by atomic mass is 9.99. The number of carbonyl (C=O) groups is 1. The Hall–Kier alpha value is -0.650. The van der Waals surface area contributed by atoms with Gasteiger partial charge in [-0.15, -0.1) is 0 Å². The van der Waals surface area contributed by atoms with Crippen LogP contribution in [0.3, 0.4) is 0 Å². The highest BCUT2D eigenvalue weighted by Gasteiger charge is 2.65. The Labute approximate surface area is 110 Å². The van der Waals surface area contributed by atoms with Gasteiger partial charge in [0.1, 0.15) is 6.10 Å². The number of likely N-dealkylation sites (tertiary alicyclic amines) is 1. The number of ether oxygens (including phenoxy) is 3. The number of morpholine rings is 1. The first-order chi connectivity index (χ1) is 8.79. The monoisotopic (exact) mass is 259 g/mol. The van der Waals surface area contributed by atoms with E-state index in [1.54, 1.807) is 11.9 Å². The number of rotatable bonds is 5. The van der Waals surface area contributed by atoms with Crippen LogP contribution in [0.25, 0.3) is 0 Å². The summed E-state index contributed by atoms with van der Waals surface area (Å²) in [5, 5.41) is 0. The van der Waals surface area contributed by atoms with Crippen molar-refractivity contribution in [3.05, 3.63) is 0 Å². The largest absolute Gasteiger partial charge is 0.375 e. The third-order valence-corrected chi connectivity index (χ3v) is 3.37. The van der Waals surface area contributed by atoms with Crippen molar-refractivity contribution in [2.24, 2.45) is 0 Å². The lowest BCUT2D eigenvalue weighted by molar-refractivity contribution is -0.172. The average Bonchev–Trinajstić information content (AvgIpc) is 2.66. The summed E-state index contributed by atoms with van der Waals surface area (Å²) >= 11 is 0. The molecule has 2 bridgehead atoms. The van der Waals surface area contributed by atoms with Crippen LogP contribution in [0.4, 0.5) is 0 Å². The van der Waals surface area contributed by atoms with Gasteiger partial charge < -0.3 is 19.1 Å². The number of hydrogen-bond donors (Lipinski definition) is 0. The molecule has 5 heteroatoms. The molecule has 2 fully saturated rings. The number of likely N-dealkylation sites (N-methyl/N-ethyl adjacent to an activating group) is 1. The summed E-state index contributed by atoms with van der Waals surface area (Å²) in [6, 6.07) is -0.356. The van der Waals surface area contributed by atoms with E-state index < -0.39 is 18.3 Å². The van der Waals surface area contributed by atoms with E-state index in [0.29, 0.717) is 0 Å². The van der Waals surface area contributed by atoms with Crippen molar-refractivity contribution in [3.8, 4) is 0 Å². The lowest BCUT2D eigenvalue weighted by Crippen LogP contribution is -2.52. The van der Waals surface area contributed by atoms with Crippen molar-refractivity contribution in [2.75, 3.05) is 20.2 Å². The van der Waals surface area contributed by atoms with Gasteiger partial charge in [-0.25, -0.2) is 0 Å². The summed E-state index contributed by atoms with van der Waals surface area (Å²) in [5.41, 5.74) is -1.15. The van der Waals surface area contributed by atoms with Crippen LogP contribution in [-0.4, -0.2) is 61.0 Å². The van der Waals surface area contributed by atoms with Crippen molar-refractivity contribution in [2.45, 2.75) is 57.6 Å². The van der Waals surface area contributed by atoms with Gasteiger partial charge in [-0.2, -0.15) is 0 Å². The normalized spacial score (nSPS) is 40.2. The van der Waals surface area contributed by atoms with Gasteiger partial charge in [0, 0.05) is 7.05 Å². The van der Waals surface area contributed by atoms with Crippen molar-refractivity contribution in [3.63, 3.8) is 0 Å². The van der Waals surface area contributed by atoms with E-state index in [1.807, 2.05) is 27.7 Å². The Morgan fingerprint density at radius 2 is 2.17 bits per heavy atom. The molecule has 0 spiro atoms. The van der Waals surface area contributed by atoms with Crippen LogP contribution in [0.1, 0.15) is 29.1 Å². The predicted octanol–water partition coefficient (Wildman–Crippen LogP) is 0.815. The number of fused-ring (bicyclic) bond motifs is 2. The van der Waals surface area contributed by atoms with E-state index in [1.165, 1.54) is 0 Å². The fourth-order valence-corrected chi connectivity index (χ4v) is 2.46. The smallest absolute Gasteiger partial charge is 0.260 e. The number of hydrogen-bond acceptors (Lipinski definition) is 4. The number of carbonyl (C=O) groups excluding carboxylic acids is 1. The van der Waals surface area contributed by atoms with Gasteiger partial charge >= 0.3 is 0 Å². The van der Waals surface area contributed by atoms with Crippen LogP contribution in [0.15, 0.2) is 0 Å². The maximum absolute atomic E-state index is 12.4. The first kappa shape index (κ1) is 12.4. The van der Waals surface area contributed by atoms with Gasteiger partial charge in [0.2, 0.25) is 0 Å². The average molecular weight is 259 g/mol. The molecule has 4 atom stereocenters. The topological polar surface area (TPSA) is 48.0 Å². The molecule has 104 valence electrons. The van der Waals surface area contributed by atoms with E-state index in [4.69, 9.17) is 15.6 Å². The third-order valence-electron chi connectivity index (χ3n) is 3.37. The maximum atomic E-state index is 12.4. The minimum Gasteiger partial charge on any atom is -0.375 e. The molecule has 0 saturated carbocycles. The molecular formula is C13H23NO4. The van der Waals surface area contributed by atoms with E-state index in [9.17, 15) is 4.79 Å². The van der Waals surface area contributed by atoms with Crippen molar-refractivity contribution < 1.29 is 20.4 Å².